The Morgan fingerprint density at radius 3 is 1.81 bits per heavy atom. The summed E-state index contributed by atoms with van der Waals surface area (Å²) in [6, 6.07) is 27.1. The van der Waals surface area contributed by atoms with Crippen LogP contribution in [0.3, 0.4) is 0 Å². The molecule has 1 amide bonds. The van der Waals surface area contributed by atoms with E-state index in [2.05, 4.69) is 0 Å². The molecule has 4 rings (SSSR count). The molecule has 0 aliphatic carbocycles. The largest absolute Gasteiger partial charge is 0.366 e. The van der Waals surface area contributed by atoms with Gasteiger partial charge in [-0.25, -0.2) is 0 Å². The number of nitrogens with zero attached hydrogens (tertiary/aromatic N) is 1. The molecule has 0 radical (unpaired) electrons. The van der Waals surface area contributed by atoms with Gasteiger partial charge in [-0.15, -0.1) is 0 Å². The van der Waals surface area contributed by atoms with Crippen LogP contribution in [0.25, 0.3) is 0 Å². The normalized spacial score (nSPS) is 19.5. The first kappa shape index (κ1) is 16.6. The van der Waals surface area contributed by atoms with Crippen LogP contribution in [0.4, 0.5) is 0 Å². The van der Waals surface area contributed by atoms with Gasteiger partial charge < -0.3 is 10.0 Å². The lowest BCUT2D eigenvalue weighted by molar-refractivity contribution is -0.117. The van der Waals surface area contributed by atoms with Crippen LogP contribution in [0.15, 0.2) is 84.9 Å². The summed E-state index contributed by atoms with van der Waals surface area (Å²) < 4.78 is 0. The summed E-state index contributed by atoms with van der Waals surface area (Å²) in [5.41, 5.74) is 0.754. The van der Waals surface area contributed by atoms with Gasteiger partial charge in [-0.2, -0.15) is 0 Å². The molecule has 0 saturated carbocycles. The lowest BCUT2D eigenvalue weighted by Crippen LogP contribution is -2.56. The quantitative estimate of drug-likeness (QED) is 0.783. The Hall–Kier alpha value is -2.91. The number of benzene rings is 3. The molecule has 1 N–H and O–H groups in total. The fraction of sp³-hybridized carbons (Fsp3) is 0.174. The van der Waals surface area contributed by atoms with Crippen molar-refractivity contribution in [2.24, 2.45) is 0 Å². The Bertz CT molecular complexity index is 913. The maximum absolute atomic E-state index is 12.9. The highest BCUT2D eigenvalue weighted by atomic mass is 16.3. The summed E-state index contributed by atoms with van der Waals surface area (Å²) in [6.07, 6.45) is 0. The first-order valence-corrected chi connectivity index (χ1v) is 8.72. The molecule has 1 aliphatic rings. The molecule has 0 spiro atoms. The number of likely N-dealkylation sites (N-methyl/N-ethyl adjacent to an activating group) is 1. The minimum absolute atomic E-state index is 0.166. The van der Waals surface area contributed by atoms with Crippen molar-refractivity contribution in [1.82, 2.24) is 4.90 Å². The third kappa shape index (κ3) is 2.01. The maximum atomic E-state index is 12.9. The molecular weight excluding hydrogens is 322 g/mol. The highest BCUT2D eigenvalue weighted by molar-refractivity contribution is 6.00. The Labute approximate surface area is 153 Å². The van der Waals surface area contributed by atoms with Crippen LogP contribution >= 0.6 is 0 Å². The van der Waals surface area contributed by atoms with Gasteiger partial charge in [0.25, 0.3) is 5.91 Å². The van der Waals surface area contributed by atoms with E-state index in [0.29, 0.717) is 11.1 Å². The molecule has 3 nitrogen and oxygen atoms in total. The number of hydrogen-bond acceptors (Lipinski definition) is 2. The second kappa shape index (κ2) is 5.82. The van der Waals surface area contributed by atoms with Gasteiger partial charge in [0.05, 0.1) is 5.41 Å². The molecule has 1 unspecified atom stereocenters. The van der Waals surface area contributed by atoms with Crippen LogP contribution in [0.1, 0.15) is 34.0 Å². The number of amides is 1. The monoisotopic (exact) mass is 343 g/mol. The standard InChI is InChI=1S/C23H21NO2/c1-22(17-11-5-3-6-12-17,18-13-7-4-8-14-18)23(26)20-16-10-9-15-19(20)21(25)24(23)2/h3-16,26H,1-2H3. The lowest BCUT2D eigenvalue weighted by Gasteiger charge is -2.47. The zero-order valence-corrected chi connectivity index (χ0v) is 14.9. The molecule has 0 fully saturated rings. The second-order valence-electron chi connectivity index (χ2n) is 6.94. The Morgan fingerprint density at radius 1 is 0.808 bits per heavy atom. The second-order valence-corrected chi connectivity index (χ2v) is 6.94. The van der Waals surface area contributed by atoms with Crippen molar-refractivity contribution >= 4 is 5.91 Å². The Balaban J connectivity index is 2.06. The van der Waals surface area contributed by atoms with Gasteiger partial charge >= 0.3 is 0 Å². The summed E-state index contributed by atoms with van der Waals surface area (Å²) in [5.74, 6) is -0.166. The maximum Gasteiger partial charge on any atom is 0.256 e. The predicted octanol–water partition coefficient (Wildman–Crippen LogP) is 3.92. The first-order valence-electron chi connectivity index (χ1n) is 8.72. The van der Waals surface area contributed by atoms with Crippen LogP contribution in [0, 0.1) is 0 Å². The fourth-order valence-electron chi connectivity index (χ4n) is 4.20. The van der Waals surface area contributed by atoms with E-state index in [-0.39, 0.29) is 5.91 Å². The molecule has 1 heterocycles. The van der Waals surface area contributed by atoms with Gasteiger partial charge in [0.2, 0.25) is 0 Å². The predicted molar refractivity (Wildman–Crippen MR) is 102 cm³/mol. The summed E-state index contributed by atoms with van der Waals surface area (Å²) in [6.45, 7) is 2.00. The van der Waals surface area contributed by atoms with E-state index in [1.807, 2.05) is 85.8 Å². The Morgan fingerprint density at radius 2 is 1.27 bits per heavy atom. The van der Waals surface area contributed by atoms with Crippen LogP contribution in [-0.4, -0.2) is 23.0 Å². The molecule has 26 heavy (non-hydrogen) atoms. The zero-order chi connectivity index (χ0) is 18.4. The molecule has 130 valence electrons. The van der Waals surface area contributed by atoms with Crippen molar-refractivity contribution < 1.29 is 9.90 Å². The highest BCUT2D eigenvalue weighted by Gasteiger charge is 2.59. The van der Waals surface area contributed by atoms with E-state index in [1.54, 1.807) is 13.1 Å². The smallest absolute Gasteiger partial charge is 0.256 e. The molecule has 1 aliphatic heterocycles. The number of aliphatic hydroxyl groups is 1. The summed E-state index contributed by atoms with van der Waals surface area (Å²) in [7, 11) is 1.67. The topological polar surface area (TPSA) is 40.5 Å². The van der Waals surface area contributed by atoms with Crippen LogP contribution < -0.4 is 0 Å². The lowest BCUT2D eigenvalue weighted by atomic mass is 9.66. The average molecular weight is 343 g/mol. The first-order chi connectivity index (χ1) is 12.5. The van der Waals surface area contributed by atoms with Crippen LogP contribution in [0.5, 0.6) is 0 Å². The molecule has 0 aromatic heterocycles. The summed E-state index contributed by atoms with van der Waals surface area (Å²) in [4.78, 5) is 14.4. The zero-order valence-electron chi connectivity index (χ0n) is 14.9. The van der Waals surface area contributed by atoms with Crippen molar-refractivity contribution in [2.45, 2.75) is 18.1 Å². The minimum atomic E-state index is -1.50. The molecule has 0 saturated heterocycles. The third-order valence-corrected chi connectivity index (χ3v) is 5.72. The number of hydrogen-bond donors (Lipinski definition) is 1. The van der Waals surface area contributed by atoms with E-state index in [9.17, 15) is 9.90 Å². The van der Waals surface area contributed by atoms with Gasteiger partial charge in [0.1, 0.15) is 0 Å². The van der Waals surface area contributed by atoms with Crippen molar-refractivity contribution in [3.05, 3.63) is 107 Å². The molecule has 3 aromatic carbocycles. The minimum Gasteiger partial charge on any atom is -0.366 e. The van der Waals surface area contributed by atoms with Crippen molar-refractivity contribution in [3.63, 3.8) is 0 Å². The number of fused-ring (bicyclic) bond motifs is 1. The third-order valence-electron chi connectivity index (χ3n) is 5.72. The molecule has 3 aromatic rings. The molecular formula is C23H21NO2. The van der Waals surface area contributed by atoms with Crippen molar-refractivity contribution in [1.29, 1.82) is 0 Å². The molecule has 3 heteroatoms. The number of rotatable bonds is 3. The van der Waals surface area contributed by atoms with Gasteiger partial charge in [-0.3, -0.25) is 4.79 Å². The highest BCUT2D eigenvalue weighted by Crippen LogP contribution is 2.52. The van der Waals surface area contributed by atoms with Crippen molar-refractivity contribution in [3.8, 4) is 0 Å². The van der Waals surface area contributed by atoms with E-state index in [1.165, 1.54) is 4.90 Å². The van der Waals surface area contributed by atoms with E-state index < -0.39 is 11.1 Å². The van der Waals surface area contributed by atoms with Crippen LogP contribution in [0.2, 0.25) is 0 Å². The summed E-state index contributed by atoms with van der Waals surface area (Å²) in [5, 5.41) is 12.1. The number of carbonyl (C=O) groups is 1. The Kier molecular flexibility index (Phi) is 3.70. The average Bonchev–Trinajstić information content (AvgIpc) is 2.91. The molecule has 0 bridgehead atoms. The van der Waals surface area contributed by atoms with Gasteiger partial charge in [-0.1, -0.05) is 78.9 Å². The van der Waals surface area contributed by atoms with E-state index in [0.717, 1.165) is 11.1 Å². The van der Waals surface area contributed by atoms with E-state index >= 15 is 0 Å². The SMILES string of the molecule is CN1C(=O)c2ccccc2C1(O)C(C)(c1ccccc1)c1ccccc1. The summed E-state index contributed by atoms with van der Waals surface area (Å²) >= 11 is 0. The van der Waals surface area contributed by atoms with Crippen molar-refractivity contribution in [2.75, 3.05) is 7.05 Å². The number of carbonyl (C=O) groups excluding carboxylic acids is 1. The van der Waals surface area contributed by atoms with Gasteiger partial charge in [0, 0.05) is 18.2 Å². The fourth-order valence-corrected chi connectivity index (χ4v) is 4.20. The van der Waals surface area contributed by atoms with E-state index in [4.69, 9.17) is 0 Å². The molecule has 1 atom stereocenters. The van der Waals surface area contributed by atoms with Gasteiger partial charge in [-0.05, 0) is 24.1 Å². The van der Waals surface area contributed by atoms with Gasteiger partial charge in [0.15, 0.2) is 5.72 Å². The van der Waals surface area contributed by atoms with Crippen LogP contribution in [-0.2, 0) is 11.1 Å².